The number of anilines is 1. The molecule has 38 heavy (non-hydrogen) atoms. The maximum Gasteiger partial charge on any atom is 0.274 e. The van der Waals surface area contributed by atoms with Crippen molar-refractivity contribution < 1.29 is 24.1 Å². The highest BCUT2D eigenvalue weighted by Crippen LogP contribution is 2.56. The van der Waals surface area contributed by atoms with E-state index in [2.05, 4.69) is 22.1 Å². The molecule has 0 radical (unpaired) electrons. The van der Waals surface area contributed by atoms with Gasteiger partial charge in [-0.2, -0.15) is 0 Å². The van der Waals surface area contributed by atoms with E-state index in [0.717, 1.165) is 44.6 Å². The Morgan fingerprint density at radius 1 is 1.16 bits per heavy atom. The number of aryl methyl sites for hydroxylation is 1. The Bertz CT molecular complexity index is 1300. The second-order valence-corrected chi connectivity index (χ2v) is 12.5. The van der Waals surface area contributed by atoms with Crippen LogP contribution in [0.5, 0.6) is 0 Å². The lowest BCUT2D eigenvalue weighted by molar-refractivity contribution is -0.131. The monoisotopic (exact) mass is 541 g/mol. The second kappa shape index (κ2) is 9.34. The van der Waals surface area contributed by atoms with Crippen LogP contribution in [0.25, 0.3) is 0 Å². The summed E-state index contributed by atoms with van der Waals surface area (Å²) >= 11 is 5.87. The van der Waals surface area contributed by atoms with E-state index >= 15 is 0 Å². The van der Waals surface area contributed by atoms with Crippen molar-refractivity contribution in [3.8, 4) is 11.8 Å². The van der Waals surface area contributed by atoms with Crippen LogP contribution >= 0.6 is 11.6 Å². The molecule has 1 spiro atoms. The van der Waals surface area contributed by atoms with Crippen molar-refractivity contribution in [2.24, 2.45) is 24.3 Å². The summed E-state index contributed by atoms with van der Waals surface area (Å²) in [5.41, 5.74) is -0.304. The molecule has 3 aliphatic carbocycles. The van der Waals surface area contributed by atoms with Crippen LogP contribution in [0.3, 0.4) is 0 Å². The number of amides is 1. The van der Waals surface area contributed by atoms with Crippen molar-refractivity contribution in [3.63, 3.8) is 0 Å². The van der Waals surface area contributed by atoms with Crippen molar-refractivity contribution in [2.45, 2.75) is 68.5 Å². The number of benzene rings is 1. The predicted octanol–water partition coefficient (Wildman–Crippen LogP) is 4.42. The summed E-state index contributed by atoms with van der Waals surface area (Å²) in [6.45, 7) is 1.50. The van der Waals surface area contributed by atoms with Gasteiger partial charge in [0.05, 0.1) is 17.0 Å². The van der Waals surface area contributed by atoms with Gasteiger partial charge in [0.2, 0.25) is 0 Å². The number of hydrogen-bond donors (Lipinski definition) is 3. The number of aliphatic hydroxyl groups is 2. The quantitative estimate of drug-likeness (QED) is 0.500. The third-order valence-electron chi connectivity index (χ3n) is 9.20. The highest BCUT2D eigenvalue weighted by molar-refractivity contribution is 6.31. The minimum absolute atomic E-state index is 0.0558. The van der Waals surface area contributed by atoms with Crippen LogP contribution in [0, 0.1) is 34.9 Å². The number of halogens is 2. The smallest absolute Gasteiger partial charge is 0.274 e. The SMILES string of the molecule is Cn1cnc(C2CC3CC(O)(C#CC4(O)CC5(CCOCC5)C4)CC3C2)c1C(=O)Nc1ccc(F)c(Cl)c1. The Morgan fingerprint density at radius 3 is 2.47 bits per heavy atom. The molecular formula is C29H33ClFN3O4. The zero-order valence-corrected chi connectivity index (χ0v) is 22.2. The van der Waals surface area contributed by atoms with Crippen LogP contribution in [0.2, 0.25) is 5.02 Å². The number of aromatic nitrogens is 2. The Kier molecular flexibility index (Phi) is 6.34. The minimum atomic E-state index is -1.08. The molecule has 2 aromatic rings. The average molecular weight is 542 g/mol. The summed E-state index contributed by atoms with van der Waals surface area (Å²) in [5, 5.41) is 24.9. The van der Waals surface area contributed by atoms with Crippen molar-refractivity contribution in [1.82, 2.24) is 9.55 Å². The first-order valence-electron chi connectivity index (χ1n) is 13.4. The van der Waals surface area contributed by atoms with Gasteiger partial charge in [-0.3, -0.25) is 4.79 Å². The first-order valence-corrected chi connectivity index (χ1v) is 13.8. The number of rotatable bonds is 3. The van der Waals surface area contributed by atoms with Crippen molar-refractivity contribution in [2.75, 3.05) is 18.5 Å². The Labute approximate surface area is 226 Å². The van der Waals surface area contributed by atoms with E-state index in [4.69, 9.17) is 16.3 Å². The van der Waals surface area contributed by atoms with Gasteiger partial charge in [0, 0.05) is 31.9 Å². The van der Waals surface area contributed by atoms with Gasteiger partial charge in [0.15, 0.2) is 0 Å². The molecule has 2 atom stereocenters. The summed E-state index contributed by atoms with van der Waals surface area (Å²) in [7, 11) is 1.78. The first kappa shape index (κ1) is 25.8. The van der Waals surface area contributed by atoms with Gasteiger partial charge in [-0.05, 0) is 86.8 Å². The number of hydrogen-bond acceptors (Lipinski definition) is 5. The highest BCUT2D eigenvalue weighted by atomic mass is 35.5. The van der Waals surface area contributed by atoms with Crippen LogP contribution in [0.4, 0.5) is 10.1 Å². The Balaban J connectivity index is 1.10. The van der Waals surface area contributed by atoms with Crippen molar-refractivity contribution in [1.29, 1.82) is 0 Å². The minimum Gasteiger partial charge on any atom is -0.381 e. The van der Waals surface area contributed by atoms with Crippen molar-refractivity contribution in [3.05, 3.63) is 46.8 Å². The van der Waals surface area contributed by atoms with Gasteiger partial charge < -0.3 is 24.8 Å². The zero-order chi connectivity index (χ0) is 26.7. The molecule has 1 saturated heterocycles. The number of carbonyl (C=O) groups excluding carboxylic acids is 1. The lowest BCUT2D eigenvalue weighted by Gasteiger charge is -2.53. The number of nitrogens with zero attached hydrogens (tertiary/aromatic N) is 2. The summed E-state index contributed by atoms with van der Waals surface area (Å²) in [6.07, 6.45) is 7.69. The van der Waals surface area contributed by atoms with E-state index in [1.165, 1.54) is 18.2 Å². The third kappa shape index (κ3) is 4.75. The third-order valence-corrected chi connectivity index (χ3v) is 9.49. The van der Waals surface area contributed by atoms with Crippen LogP contribution in [-0.4, -0.2) is 50.1 Å². The Hall–Kier alpha value is -2.44. The molecule has 7 nitrogen and oxygen atoms in total. The van der Waals surface area contributed by atoms with Gasteiger partial charge in [0.1, 0.15) is 22.7 Å². The van der Waals surface area contributed by atoms with E-state index in [1.807, 2.05) is 0 Å². The van der Waals surface area contributed by atoms with Crippen molar-refractivity contribution >= 4 is 23.2 Å². The maximum atomic E-state index is 13.5. The number of imidazole rings is 1. The normalized spacial score (nSPS) is 30.8. The summed E-state index contributed by atoms with van der Waals surface area (Å²) in [6, 6.07) is 4.08. The molecule has 4 fully saturated rings. The van der Waals surface area contributed by atoms with Gasteiger partial charge in [0.25, 0.3) is 5.91 Å². The molecule has 3 saturated carbocycles. The molecule has 1 aromatic carbocycles. The largest absolute Gasteiger partial charge is 0.381 e. The fourth-order valence-corrected chi connectivity index (χ4v) is 7.62. The van der Waals surface area contributed by atoms with E-state index in [1.54, 1.807) is 17.9 Å². The Morgan fingerprint density at radius 2 is 1.82 bits per heavy atom. The van der Waals surface area contributed by atoms with Crippen LogP contribution < -0.4 is 5.32 Å². The number of fused-ring (bicyclic) bond motifs is 1. The van der Waals surface area contributed by atoms with Gasteiger partial charge in [-0.1, -0.05) is 23.4 Å². The van der Waals surface area contributed by atoms with Crippen LogP contribution in [0.15, 0.2) is 24.5 Å². The van der Waals surface area contributed by atoms with Gasteiger partial charge in [-0.25, -0.2) is 9.37 Å². The molecule has 1 amide bonds. The molecule has 1 aliphatic heterocycles. The van der Waals surface area contributed by atoms with Crippen LogP contribution in [0.1, 0.15) is 73.5 Å². The fraction of sp³-hybridized carbons (Fsp3) is 0.586. The lowest BCUT2D eigenvalue weighted by Crippen LogP contribution is -2.53. The molecule has 1 aromatic heterocycles. The van der Waals surface area contributed by atoms with Gasteiger partial charge in [-0.15, -0.1) is 0 Å². The molecule has 4 aliphatic rings. The zero-order valence-electron chi connectivity index (χ0n) is 21.5. The first-order chi connectivity index (χ1) is 18.1. The standard InChI is InChI=1S/C29H33ClFN3O4/c1-34-17-32-24(25(34)26(35)33-21-2-3-23(31)22(30)12-21)18-10-19-13-28(36,14-20(19)11-18)4-5-29(37)15-27(16-29)6-8-38-9-7-27/h2-3,12,17-20,36-37H,6-11,13-16H2,1H3,(H,33,35). The predicted molar refractivity (Wildman–Crippen MR) is 140 cm³/mol. The second-order valence-electron chi connectivity index (χ2n) is 12.0. The topological polar surface area (TPSA) is 96.6 Å². The number of nitrogens with one attached hydrogen (secondary N) is 1. The van der Waals surface area contributed by atoms with E-state index in [9.17, 15) is 19.4 Å². The molecule has 9 heteroatoms. The van der Waals surface area contributed by atoms with E-state index in [0.29, 0.717) is 37.1 Å². The lowest BCUT2D eigenvalue weighted by atomic mass is 9.56. The van der Waals surface area contributed by atoms with E-state index in [-0.39, 0.29) is 34.1 Å². The molecule has 0 bridgehead atoms. The van der Waals surface area contributed by atoms with Crippen LogP contribution in [-0.2, 0) is 11.8 Å². The van der Waals surface area contributed by atoms with Gasteiger partial charge >= 0.3 is 0 Å². The number of ether oxygens (including phenoxy) is 1. The molecular weight excluding hydrogens is 509 g/mol. The maximum absolute atomic E-state index is 13.5. The molecule has 202 valence electrons. The fourth-order valence-electron chi connectivity index (χ4n) is 7.44. The molecule has 2 unspecified atom stereocenters. The summed E-state index contributed by atoms with van der Waals surface area (Å²) in [4.78, 5) is 17.7. The molecule has 3 N–H and O–H groups in total. The summed E-state index contributed by atoms with van der Waals surface area (Å²) < 4.78 is 20.7. The highest BCUT2D eigenvalue weighted by Gasteiger charge is 2.54. The summed E-state index contributed by atoms with van der Waals surface area (Å²) in [5.74, 6) is 5.94. The average Bonchev–Trinajstić information content (AvgIpc) is 3.51. The molecule has 6 rings (SSSR count). The van der Waals surface area contributed by atoms with E-state index < -0.39 is 17.0 Å². The number of carbonyl (C=O) groups is 1. The molecule has 2 heterocycles.